The van der Waals surface area contributed by atoms with E-state index in [1.54, 1.807) is 0 Å². The molecule has 0 saturated heterocycles. The van der Waals surface area contributed by atoms with E-state index < -0.39 is 8.07 Å². The van der Waals surface area contributed by atoms with E-state index in [1.807, 2.05) is 0 Å². The molecule has 1 aliphatic carbocycles. The number of aryl methyl sites for hydroxylation is 6. The lowest BCUT2D eigenvalue weighted by molar-refractivity contribution is 1.31. The van der Waals surface area contributed by atoms with Crippen LogP contribution >= 0.6 is 0 Å². The van der Waals surface area contributed by atoms with Crippen molar-refractivity contribution in [3.05, 3.63) is 142 Å². The molecule has 1 aliphatic rings. The minimum Gasteiger partial charge on any atom is -0.0787 e. The summed E-state index contributed by atoms with van der Waals surface area (Å²) in [5.41, 5.74) is 11.1. The number of hydrogen-bond acceptors (Lipinski definition) is 0. The lowest BCUT2D eigenvalue weighted by atomic mass is 10.1. The quantitative estimate of drug-likeness (QED) is 0.211. The van der Waals surface area contributed by atoms with Gasteiger partial charge < -0.3 is 0 Å². The first-order valence-corrected chi connectivity index (χ1v) is 15.1. The fraction of sp³-hybridized carbons (Fsp3) is 0.200. The van der Waals surface area contributed by atoms with Crippen molar-refractivity contribution in [1.29, 1.82) is 0 Å². The van der Waals surface area contributed by atoms with Crippen molar-refractivity contribution >= 4 is 29.2 Å². The summed E-state index contributed by atoms with van der Waals surface area (Å²) in [5, 5.41) is 4.48. The van der Waals surface area contributed by atoms with Crippen molar-refractivity contribution in [2.24, 2.45) is 0 Å². The normalized spacial score (nSPS) is 15.3. The van der Waals surface area contributed by atoms with Crippen LogP contribution in [-0.4, -0.2) is 8.07 Å². The number of rotatable bonds is 5. The van der Waals surface area contributed by atoms with E-state index in [0.717, 1.165) is 0 Å². The maximum absolute atomic E-state index is 2.58. The van der Waals surface area contributed by atoms with Gasteiger partial charge >= 0.3 is 0 Å². The van der Waals surface area contributed by atoms with Crippen LogP contribution in [0.25, 0.3) is 5.57 Å². The highest BCUT2D eigenvalue weighted by atomic mass is 28.3. The second kappa shape index (κ2) is 9.56. The van der Waals surface area contributed by atoms with Gasteiger partial charge in [0.2, 0.25) is 0 Å². The van der Waals surface area contributed by atoms with Crippen LogP contribution in [0.15, 0.2) is 103 Å². The molecule has 180 valence electrons. The van der Waals surface area contributed by atoms with Gasteiger partial charge in [-0.3, -0.25) is 0 Å². The van der Waals surface area contributed by atoms with Crippen molar-refractivity contribution in [2.75, 3.05) is 0 Å². The first-order chi connectivity index (χ1) is 17.3. The molecule has 0 heterocycles. The van der Waals surface area contributed by atoms with Crippen LogP contribution in [-0.2, 0) is 0 Å². The predicted octanol–water partition coefficient (Wildman–Crippen LogP) is 7.03. The zero-order chi connectivity index (χ0) is 25.4. The topological polar surface area (TPSA) is 0 Å². The van der Waals surface area contributed by atoms with Gasteiger partial charge in [-0.25, -0.2) is 0 Å². The van der Waals surface area contributed by atoms with E-state index in [-0.39, 0.29) is 0 Å². The summed E-state index contributed by atoms with van der Waals surface area (Å²) in [7, 11) is -2.58. The van der Waals surface area contributed by atoms with Gasteiger partial charge in [-0.1, -0.05) is 137 Å². The summed E-state index contributed by atoms with van der Waals surface area (Å²) in [6.45, 7) is 13.5. The second-order valence-electron chi connectivity index (χ2n) is 10.8. The molecule has 4 aromatic rings. The van der Waals surface area contributed by atoms with Crippen LogP contribution in [0.2, 0.25) is 5.54 Å². The third-order valence-corrected chi connectivity index (χ3v) is 12.6. The van der Waals surface area contributed by atoms with Crippen molar-refractivity contribution in [3.63, 3.8) is 0 Å². The highest BCUT2D eigenvalue weighted by Crippen LogP contribution is 2.41. The van der Waals surface area contributed by atoms with E-state index in [0.29, 0.717) is 5.54 Å². The summed E-state index contributed by atoms with van der Waals surface area (Å²) in [6.07, 6.45) is 7.14. The first-order valence-electron chi connectivity index (χ1n) is 13.0. The molecule has 0 aromatic heterocycles. The Labute approximate surface area is 218 Å². The Bertz CT molecular complexity index is 1300. The lowest BCUT2D eigenvalue weighted by Gasteiger charge is -2.41. The second-order valence-corrected chi connectivity index (χ2v) is 14.8. The Morgan fingerprint density at radius 3 is 1.28 bits per heavy atom. The molecule has 1 atom stereocenters. The molecule has 5 rings (SSSR count). The molecule has 0 radical (unpaired) electrons. The van der Waals surface area contributed by atoms with Crippen molar-refractivity contribution in [2.45, 2.75) is 47.1 Å². The molecule has 0 fully saturated rings. The van der Waals surface area contributed by atoms with E-state index >= 15 is 0 Å². The fourth-order valence-electron chi connectivity index (χ4n) is 6.41. The smallest absolute Gasteiger partial charge is 0.0787 e. The Hall–Kier alpha value is -3.42. The van der Waals surface area contributed by atoms with Gasteiger partial charge in [0.15, 0.2) is 8.07 Å². The maximum Gasteiger partial charge on any atom is 0.159 e. The van der Waals surface area contributed by atoms with Gasteiger partial charge in [0.25, 0.3) is 0 Å². The standard InChI is InChI=1S/C35H36Si/c1-24-15-25(2)19-31(18-24)36(32-20-26(3)16-27(4)21-32,33-22-28(5)17-29(6)23-33)35-14-10-13-34(35)30-11-8-7-9-12-30/h7-23,35H,1-6H3. The molecule has 0 spiro atoms. The summed E-state index contributed by atoms with van der Waals surface area (Å²) < 4.78 is 0. The summed E-state index contributed by atoms with van der Waals surface area (Å²) in [4.78, 5) is 0. The number of benzene rings is 4. The van der Waals surface area contributed by atoms with Crippen LogP contribution in [0.3, 0.4) is 0 Å². The molecule has 0 nitrogen and oxygen atoms in total. The molecular weight excluding hydrogens is 448 g/mol. The van der Waals surface area contributed by atoms with Crippen LogP contribution in [0.4, 0.5) is 0 Å². The predicted molar refractivity (Wildman–Crippen MR) is 160 cm³/mol. The average molecular weight is 485 g/mol. The zero-order valence-corrected chi connectivity index (χ0v) is 23.4. The zero-order valence-electron chi connectivity index (χ0n) is 22.4. The highest BCUT2D eigenvalue weighted by molar-refractivity contribution is 7.13. The van der Waals surface area contributed by atoms with Crippen molar-refractivity contribution in [3.8, 4) is 0 Å². The van der Waals surface area contributed by atoms with Gasteiger partial charge in [-0.2, -0.15) is 0 Å². The average Bonchev–Trinajstić information content (AvgIpc) is 3.28. The van der Waals surface area contributed by atoms with Gasteiger partial charge in [0, 0.05) is 5.54 Å². The molecule has 1 unspecified atom stereocenters. The van der Waals surface area contributed by atoms with E-state index in [2.05, 4.69) is 145 Å². The maximum atomic E-state index is 2.49. The number of allylic oxidation sites excluding steroid dienone is 4. The highest BCUT2D eigenvalue weighted by Gasteiger charge is 2.48. The Morgan fingerprint density at radius 2 is 0.889 bits per heavy atom. The Kier molecular flexibility index (Phi) is 6.45. The Morgan fingerprint density at radius 1 is 0.500 bits per heavy atom. The van der Waals surface area contributed by atoms with E-state index in [4.69, 9.17) is 0 Å². The molecule has 0 N–H and O–H groups in total. The molecule has 0 amide bonds. The van der Waals surface area contributed by atoms with Crippen LogP contribution in [0, 0.1) is 41.5 Å². The molecule has 36 heavy (non-hydrogen) atoms. The minimum absolute atomic E-state index is 0.295. The molecule has 0 saturated carbocycles. The summed E-state index contributed by atoms with van der Waals surface area (Å²) in [5.74, 6) is 0. The van der Waals surface area contributed by atoms with Crippen LogP contribution < -0.4 is 15.6 Å². The van der Waals surface area contributed by atoms with Gasteiger partial charge in [0.05, 0.1) is 0 Å². The van der Waals surface area contributed by atoms with Crippen LogP contribution in [0.5, 0.6) is 0 Å². The first kappa shape index (κ1) is 24.3. The van der Waals surface area contributed by atoms with Crippen LogP contribution in [0.1, 0.15) is 38.9 Å². The third-order valence-electron chi connectivity index (χ3n) is 7.52. The SMILES string of the molecule is Cc1cc(C)cc([Si](c2cc(C)cc(C)c2)(c2cc(C)cc(C)c2)C2C=CC=C2c2ccccc2)c1. The molecule has 1 heteroatoms. The molecular formula is C35H36Si. The monoisotopic (exact) mass is 484 g/mol. The largest absolute Gasteiger partial charge is 0.159 e. The Balaban J connectivity index is 1.94. The van der Waals surface area contributed by atoms with Gasteiger partial charge in [-0.15, -0.1) is 0 Å². The number of hydrogen-bond donors (Lipinski definition) is 0. The fourth-order valence-corrected chi connectivity index (χ4v) is 12.3. The lowest BCUT2D eigenvalue weighted by Crippen LogP contribution is -2.70. The molecule has 0 bridgehead atoms. The van der Waals surface area contributed by atoms with Gasteiger partial charge in [0.1, 0.15) is 0 Å². The van der Waals surface area contributed by atoms with Crippen molar-refractivity contribution in [1.82, 2.24) is 0 Å². The van der Waals surface area contributed by atoms with Crippen molar-refractivity contribution < 1.29 is 0 Å². The molecule has 4 aromatic carbocycles. The van der Waals surface area contributed by atoms with E-state index in [1.165, 1.54) is 60.1 Å². The minimum atomic E-state index is -2.58. The van der Waals surface area contributed by atoms with Gasteiger partial charge in [-0.05, 0) is 68.2 Å². The summed E-state index contributed by atoms with van der Waals surface area (Å²) in [6, 6.07) is 32.8. The third kappa shape index (κ3) is 4.33. The summed E-state index contributed by atoms with van der Waals surface area (Å²) >= 11 is 0. The molecule has 0 aliphatic heterocycles. The van der Waals surface area contributed by atoms with E-state index in [9.17, 15) is 0 Å².